The average molecular weight is 491 g/mol. The lowest BCUT2D eigenvalue weighted by Gasteiger charge is -2.09. The third kappa shape index (κ3) is 5.23. The van der Waals surface area contributed by atoms with Crippen molar-refractivity contribution in [2.24, 2.45) is 0 Å². The quantitative estimate of drug-likeness (QED) is 0.386. The Hall–Kier alpha value is -4.20. The van der Waals surface area contributed by atoms with Gasteiger partial charge in [-0.1, -0.05) is 12.1 Å². The first-order chi connectivity index (χ1) is 16.4. The van der Waals surface area contributed by atoms with Crippen LogP contribution in [0, 0.1) is 11.3 Å². The molecule has 0 saturated heterocycles. The van der Waals surface area contributed by atoms with Gasteiger partial charge in [-0.3, -0.25) is 14.8 Å². The summed E-state index contributed by atoms with van der Waals surface area (Å²) in [5.41, 5.74) is 2.76. The number of ether oxygens (including phenoxy) is 1. The Bertz CT molecular complexity index is 1460. The molecule has 0 spiro atoms. The molecule has 2 N–H and O–H groups in total. The minimum atomic E-state index is -3.78. The number of aromatic nitrogens is 1. The van der Waals surface area contributed by atoms with Crippen molar-refractivity contribution in [1.82, 2.24) is 4.98 Å². The molecule has 0 unspecified atom stereocenters. The zero-order chi connectivity index (χ0) is 24.1. The number of nitrogens with zero attached hydrogens (tertiary/aromatic N) is 2. The van der Waals surface area contributed by atoms with Gasteiger partial charge in [-0.2, -0.15) is 5.26 Å². The van der Waals surface area contributed by atoms with Gasteiger partial charge in [0.15, 0.2) is 5.13 Å². The van der Waals surface area contributed by atoms with Crippen LogP contribution < -0.4 is 14.8 Å². The first-order valence-electron chi connectivity index (χ1n) is 9.92. The normalized spacial score (nSPS) is 10.8. The molecule has 4 aromatic rings. The van der Waals surface area contributed by atoms with Crippen molar-refractivity contribution in [3.8, 4) is 23.1 Å². The van der Waals surface area contributed by atoms with Crippen LogP contribution in [-0.4, -0.2) is 26.4 Å². The first kappa shape index (κ1) is 23.0. The fourth-order valence-corrected chi connectivity index (χ4v) is 4.78. The van der Waals surface area contributed by atoms with Crippen molar-refractivity contribution in [2.75, 3.05) is 17.1 Å². The molecule has 8 nitrogen and oxygen atoms in total. The van der Waals surface area contributed by atoms with Crippen LogP contribution in [0.15, 0.2) is 83.1 Å². The van der Waals surface area contributed by atoms with Crippen molar-refractivity contribution in [3.05, 3.63) is 89.3 Å². The fourth-order valence-electron chi connectivity index (χ4n) is 3.01. The SMILES string of the molecule is COc1ccc(S(=O)(=O)Nc2ccc(C(=O)Nc3nc(-c4ccc(C#N)cc4)cs3)cc2)cc1. The lowest BCUT2D eigenvalue weighted by Crippen LogP contribution is -2.14. The molecular formula is C24H18N4O4S2. The highest BCUT2D eigenvalue weighted by Crippen LogP contribution is 2.26. The fraction of sp³-hybridized carbons (Fsp3) is 0.0417. The van der Waals surface area contributed by atoms with Crippen molar-refractivity contribution >= 4 is 38.1 Å². The highest BCUT2D eigenvalue weighted by Gasteiger charge is 2.15. The molecular weight excluding hydrogens is 472 g/mol. The highest BCUT2D eigenvalue weighted by molar-refractivity contribution is 7.92. The molecule has 0 aliphatic carbocycles. The van der Waals surface area contributed by atoms with Gasteiger partial charge in [0.25, 0.3) is 15.9 Å². The van der Waals surface area contributed by atoms with Crippen molar-refractivity contribution in [3.63, 3.8) is 0 Å². The molecule has 1 heterocycles. The number of amides is 1. The molecule has 34 heavy (non-hydrogen) atoms. The van der Waals surface area contributed by atoms with Gasteiger partial charge in [-0.05, 0) is 60.7 Å². The highest BCUT2D eigenvalue weighted by atomic mass is 32.2. The van der Waals surface area contributed by atoms with E-state index >= 15 is 0 Å². The van der Waals surface area contributed by atoms with Gasteiger partial charge < -0.3 is 4.74 Å². The van der Waals surface area contributed by atoms with E-state index in [1.54, 1.807) is 36.4 Å². The Labute approximate surface area is 200 Å². The van der Waals surface area contributed by atoms with E-state index in [1.165, 1.54) is 54.8 Å². The minimum absolute atomic E-state index is 0.0944. The van der Waals surface area contributed by atoms with E-state index in [9.17, 15) is 13.2 Å². The summed E-state index contributed by atoms with van der Waals surface area (Å²) >= 11 is 1.28. The molecule has 1 aromatic heterocycles. The zero-order valence-corrected chi connectivity index (χ0v) is 19.5. The largest absolute Gasteiger partial charge is 0.497 e. The Balaban J connectivity index is 1.41. The first-order valence-corrected chi connectivity index (χ1v) is 12.3. The number of nitriles is 1. The molecule has 0 fully saturated rings. The Morgan fingerprint density at radius 2 is 1.68 bits per heavy atom. The number of sulfonamides is 1. The average Bonchev–Trinajstić information content (AvgIpc) is 3.32. The summed E-state index contributed by atoms with van der Waals surface area (Å²) in [5, 5.41) is 13.9. The second-order valence-electron chi connectivity index (χ2n) is 7.04. The van der Waals surface area contributed by atoms with Crippen LogP contribution >= 0.6 is 11.3 Å². The number of rotatable bonds is 7. The molecule has 0 atom stereocenters. The molecule has 0 aliphatic rings. The minimum Gasteiger partial charge on any atom is -0.497 e. The summed E-state index contributed by atoms with van der Waals surface area (Å²) in [6, 6.07) is 21.2. The van der Waals surface area contributed by atoms with Gasteiger partial charge in [0, 0.05) is 22.2 Å². The van der Waals surface area contributed by atoms with E-state index in [0.29, 0.717) is 33.4 Å². The van der Waals surface area contributed by atoms with E-state index in [4.69, 9.17) is 10.00 Å². The number of thiazole rings is 1. The topological polar surface area (TPSA) is 121 Å². The summed E-state index contributed by atoms with van der Waals surface area (Å²) in [6.07, 6.45) is 0. The van der Waals surface area contributed by atoms with E-state index in [2.05, 4.69) is 21.1 Å². The summed E-state index contributed by atoms with van der Waals surface area (Å²) in [4.78, 5) is 17.1. The van der Waals surface area contributed by atoms with Crippen LogP contribution in [-0.2, 0) is 10.0 Å². The maximum Gasteiger partial charge on any atom is 0.261 e. The Morgan fingerprint density at radius 1 is 1.00 bits per heavy atom. The molecule has 10 heteroatoms. The van der Waals surface area contributed by atoms with Gasteiger partial charge in [-0.25, -0.2) is 13.4 Å². The second kappa shape index (κ2) is 9.74. The second-order valence-corrected chi connectivity index (χ2v) is 9.58. The smallest absolute Gasteiger partial charge is 0.261 e. The zero-order valence-electron chi connectivity index (χ0n) is 17.8. The van der Waals surface area contributed by atoms with Crippen LogP contribution in [0.2, 0.25) is 0 Å². The molecule has 0 saturated carbocycles. The number of hydrogen-bond acceptors (Lipinski definition) is 7. The van der Waals surface area contributed by atoms with Crippen molar-refractivity contribution < 1.29 is 17.9 Å². The van der Waals surface area contributed by atoms with Crippen LogP contribution in [0.1, 0.15) is 15.9 Å². The molecule has 170 valence electrons. The third-order valence-electron chi connectivity index (χ3n) is 4.80. The maximum absolute atomic E-state index is 12.6. The number of hydrogen-bond donors (Lipinski definition) is 2. The Kier molecular flexibility index (Phi) is 6.58. The molecule has 0 aliphatic heterocycles. The van der Waals surface area contributed by atoms with Crippen LogP contribution in [0.25, 0.3) is 11.3 Å². The van der Waals surface area contributed by atoms with Crippen LogP contribution in [0.4, 0.5) is 10.8 Å². The van der Waals surface area contributed by atoms with Crippen LogP contribution in [0.3, 0.4) is 0 Å². The number of nitrogens with one attached hydrogen (secondary N) is 2. The molecule has 4 rings (SSSR count). The number of anilines is 2. The van der Waals surface area contributed by atoms with E-state index < -0.39 is 10.0 Å². The van der Waals surface area contributed by atoms with Gasteiger partial charge in [0.1, 0.15) is 5.75 Å². The molecule has 1 amide bonds. The van der Waals surface area contributed by atoms with E-state index in [0.717, 1.165) is 5.56 Å². The van der Waals surface area contributed by atoms with Gasteiger partial charge in [0.05, 0.1) is 29.3 Å². The van der Waals surface area contributed by atoms with Crippen LogP contribution in [0.5, 0.6) is 5.75 Å². The predicted octanol–water partition coefficient (Wildman–Crippen LogP) is 4.74. The summed E-state index contributed by atoms with van der Waals surface area (Å²) in [5.74, 6) is 0.184. The Morgan fingerprint density at radius 3 is 2.29 bits per heavy atom. The number of methoxy groups -OCH3 is 1. The standard InChI is InChI=1S/C24H18N4O4S2/c1-32-20-10-12-21(13-11-20)34(30,31)28-19-8-6-18(7-9-19)23(29)27-24-26-22(15-33-24)17-4-2-16(14-25)3-5-17/h2-13,15,28H,1H3,(H,26,27,29). The summed E-state index contributed by atoms with van der Waals surface area (Å²) < 4.78 is 32.7. The monoisotopic (exact) mass is 490 g/mol. The van der Waals surface area contributed by atoms with E-state index in [1.807, 2.05) is 5.38 Å². The molecule has 0 radical (unpaired) electrons. The van der Waals surface area contributed by atoms with Gasteiger partial charge in [0.2, 0.25) is 0 Å². The third-order valence-corrected chi connectivity index (χ3v) is 6.96. The predicted molar refractivity (Wildman–Crippen MR) is 130 cm³/mol. The van der Waals surface area contributed by atoms with Crippen molar-refractivity contribution in [1.29, 1.82) is 5.26 Å². The van der Waals surface area contributed by atoms with Crippen molar-refractivity contribution in [2.45, 2.75) is 4.90 Å². The molecule has 3 aromatic carbocycles. The van der Waals surface area contributed by atoms with E-state index in [-0.39, 0.29) is 10.8 Å². The summed E-state index contributed by atoms with van der Waals surface area (Å²) in [6.45, 7) is 0. The number of benzene rings is 3. The van der Waals surface area contributed by atoms with Gasteiger partial charge >= 0.3 is 0 Å². The number of carbonyl (C=O) groups excluding carboxylic acids is 1. The number of carbonyl (C=O) groups is 1. The van der Waals surface area contributed by atoms with Gasteiger partial charge in [-0.15, -0.1) is 11.3 Å². The lowest BCUT2D eigenvalue weighted by atomic mass is 10.1. The molecule has 0 bridgehead atoms. The summed E-state index contributed by atoms with van der Waals surface area (Å²) in [7, 11) is -2.28. The lowest BCUT2D eigenvalue weighted by molar-refractivity contribution is 0.102. The maximum atomic E-state index is 12.6.